The van der Waals surface area contributed by atoms with E-state index in [1.165, 1.54) is 72.7 Å². The minimum atomic E-state index is -0.467. The van der Waals surface area contributed by atoms with Gasteiger partial charge in [0.2, 0.25) is 0 Å². The molecule has 1 heterocycles. The molecule has 2 nitrogen and oxygen atoms in total. The highest BCUT2D eigenvalue weighted by atomic mass is 15.2. The van der Waals surface area contributed by atoms with Crippen molar-refractivity contribution in [2.45, 2.75) is 24.7 Å². The molecule has 0 radical (unpaired) electrons. The molecule has 3 aliphatic rings. The van der Waals surface area contributed by atoms with Gasteiger partial charge in [-0.25, -0.2) is 0 Å². The number of para-hydroxylation sites is 4. The van der Waals surface area contributed by atoms with Crippen LogP contribution in [0.4, 0.5) is 34.1 Å². The van der Waals surface area contributed by atoms with Crippen molar-refractivity contribution in [2.24, 2.45) is 0 Å². The quantitative estimate of drug-likeness (QED) is 0.181. The molecule has 256 valence electrons. The van der Waals surface area contributed by atoms with E-state index in [4.69, 9.17) is 0 Å². The molecule has 0 fully saturated rings. The second kappa shape index (κ2) is 11.4. The Morgan fingerprint density at radius 3 is 1.41 bits per heavy atom. The summed E-state index contributed by atoms with van der Waals surface area (Å²) >= 11 is 0. The van der Waals surface area contributed by atoms with Crippen LogP contribution in [0.3, 0.4) is 0 Å². The van der Waals surface area contributed by atoms with Crippen LogP contribution in [0.2, 0.25) is 0 Å². The van der Waals surface area contributed by atoms with Crippen molar-refractivity contribution < 1.29 is 0 Å². The molecule has 54 heavy (non-hydrogen) atoms. The lowest BCUT2D eigenvalue weighted by molar-refractivity contribution is 0.632. The van der Waals surface area contributed by atoms with Crippen molar-refractivity contribution >= 4 is 34.1 Å². The summed E-state index contributed by atoms with van der Waals surface area (Å²) in [5, 5.41) is 0. The maximum absolute atomic E-state index is 2.50. The Morgan fingerprint density at radius 1 is 0.352 bits per heavy atom. The lowest BCUT2D eigenvalue weighted by atomic mass is 9.70. The van der Waals surface area contributed by atoms with Gasteiger partial charge in [-0.1, -0.05) is 147 Å². The van der Waals surface area contributed by atoms with Gasteiger partial charge in [0.15, 0.2) is 0 Å². The maximum atomic E-state index is 2.50. The van der Waals surface area contributed by atoms with E-state index in [-0.39, 0.29) is 5.41 Å². The van der Waals surface area contributed by atoms with Crippen LogP contribution in [-0.2, 0) is 10.8 Å². The second-order valence-corrected chi connectivity index (χ2v) is 15.3. The fourth-order valence-corrected chi connectivity index (χ4v) is 9.95. The fraction of sp³-hybridized carbons (Fsp3) is 0.0769. The summed E-state index contributed by atoms with van der Waals surface area (Å²) in [6.45, 7) is 4.71. The Labute approximate surface area is 317 Å². The number of hydrogen-bond donors (Lipinski definition) is 0. The largest absolute Gasteiger partial charge is 0.310 e. The van der Waals surface area contributed by atoms with E-state index in [1.807, 2.05) is 0 Å². The van der Waals surface area contributed by atoms with E-state index in [0.717, 1.165) is 17.1 Å². The summed E-state index contributed by atoms with van der Waals surface area (Å²) in [5.41, 5.74) is 19.7. The predicted octanol–water partition coefficient (Wildman–Crippen LogP) is 13.6. The summed E-state index contributed by atoms with van der Waals surface area (Å²) in [4.78, 5) is 4.87. The van der Waals surface area contributed by atoms with E-state index in [0.29, 0.717) is 0 Å². The molecule has 1 spiro atoms. The molecule has 0 bridgehead atoms. The van der Waals surface area contributed by atoms with E-state index in [9.17, 15) is 0 Å². The Hall–Kier alpha value is -6.64. The molecule has 8 aromatic carbocycles. The average molecular weight is 691 g/mol. The van der Waals surface area contributed by atoms with Crippen molar-refractivity contribution in [3.63, 3.8) is 0 Å². The van der Waals surface area contributed by atoms with Gasteiger partial charge in [0.05, 0.1) is 16.8 Å². The lowest BCUT2D eigenvalue weighted by Gasteiger charge is -2.42. The highest BCUT2D eigenvalue weighted by Crippen LogP contribution is 2.64. The molecule has 0 amide bonds. The number of anilines is 6. The van der Waals surface area contributed by atoms with Crippen LogP contribution in [0.1, 0.15) is 47.2 Å². The minimum absolute atomic E-state index is 0.119. The Morgan fingerprint density at radius 2 is 0.815 bits per heavy atom. The molecule has 0 saturated carbocycles. The van der Waals surface area contributed by atoms with Crippen LogP contribution in [0.15, 0.2) is 194 Å². The minimum Gasteiger partial charge on any atom is -0.310 e. The number of fused-ring (bicyclic) bond motifs is 12. The summed E-state index contributed by atoms with van der Waals surface area (Å²) in [6.07, 6.45) is 0. The van der Waals surface area contributed by atoms with Crippen LogP contribution in [-0.4, -0.2) is 0 Å². The van der Waals surface area contributed by atoms with E-state index < -0.39 is 5.41 Å². The Bertz CT molecular complexity index is 2670. The first-order valence-electron chi connectivity index (χ1n) is 18.9. The topological polar surface area (TPSA) is 6.48 Å². The SMILES string of the molecule is CC1(C)c2ccccc2N(c2ccc3c(c2)C2(c4ccccc4-c4cc(N(c5ccccc5)c5ccccc5)ccc42)c2ccccc2-3)c2ccccc21. The zero-order valence-corrected chi connectivity index (χ0v) is 30.4. The molecule has 0 aromatic heterocycles. The third kappa shape index (κ3) is 4.11. The predicted molar refractivity (Wildman–Crippen MR) is 224 cm³/mol. The van der Waals surface area contributed by atoms with E-state index in [2.05, 4.69) is 218 Å². The molecule has 2 aliphatic carbocycles. The molecule has 11 rings (SSSR count). The molecule has 1 unspecified atom stereocenters. The molecule has 0 saturated heterocycles. The van der Waals surface area contributed by atoms with Gasteiger partial charge < -0.3 is 9.80 Å². The second-order valence-electron chi connectivity index (χ2n) is 15.3. The van der Waals surface area contributed by atoms with Crippen LogP contribution >= 0.6 is 0 Å². The average Bonchev–Trinajstić information content (AvgIpc) is 3.69. The van der Waals surface area contributed by atoms with Gasteiger partial charge in [-0.2, -0.15) is 0 Å². The molecule has 0 N–H and O–H groups in total. The van der Waals surface area contributed by atoms with E-state index in [1.54, 1.807) is 0 Å². The van der Waals surface area contributed by atoms with Crippen molar-refractivity contribution in [1.29, 1.82) is 0 Å². The molecule has 1 atom stereocenters. The molecule has 2 heteroatoms. The lowest BCUT2D eigenvalue weighted by Crippen LogP contribution is -2.31. The van der Waals surface area contributed by atoms with E-state index >= 15 is 0 Å². The third-order valence-corrected chi connectivity index (χ3v) is 12.2. The van der Waals surface area contributed by atoms with Gasteiger partial charge in [-0.15, -0.1) is 0 Å². The summed E-state index contributed by atoms with van der Waals surface area (Å²) < 4.78 is 0. The van der Waals surface area contributed by atoms with Crippen molar-refractivity contribution in [3.05, 3.63) is 228 Å². The third-order valence-electron chi connectivity index (χ3n) is 12.2. The zero-order valence-electron chi connectivity index (χ0n) is 30.4. The van der Waals surface area contributed by atoms with Crippen LogP contribution in [0, 0.1) is 0 Å². The van der Waals surface area contributed by atoms with Crippen molar-refractivity contribution in [2.75, 3.05) is 9.80 Å². The van der Waals surface area contributed by atoms with Crippen molar-refractivity contribution in [1.82, 2.24) is 0 Å². The van der Waals surface area contributed by atoms with Gasteiger partial charge in [0, 0.05) is 28.2 Å². The van der Waals surface area contributed by atoms with Crippen LogP contribution < -0.4 is 9.80 Å². The van der Waals surface area contributed by atoms with Crippen LogP contribution in [0.25, 0.3) is 22.3 Å². The summed E-state index contributed by atoms with van der Waals surface area (Å²) in [7, 11) is 0. The highest BCUT2D eigenvalue weighted by molar-refractivity contribution is 5.98. The normalized spacial score (nSPS) is 16.5. The van der Waals surface area contributed by atoms with Gasteiger partial charge in [0.25, 0.3) is 0 Å². The standard InChI is InChI=1S/C52H38N2/c1-51(2)46-25-13-15-27-49(46)54(50-28-16-14-26-47(50)51)38-29-31-41-39-21-9-11-23-43(39)52(48(41)34-38)44-24-12-10-22-40(44)42-33-37(30-32-45(42)52)53(35-17-5-3-6-18-35)36-19-7-4-8-20-36/h3-34H,1-2H3. The van der Waals surface area contributed by atoms with Gasteiger partial charge in [-0.05, 0) is 116 Å². The van der Waals surface area contributed by atoms with Gasteiger partial charge >= 0.3 is 0 Å². The maximum Gasteiger partial charge on any atom is 0.0726 e. The first-order valence-corrected chi connectivity index (χ1v) is 18.9. The first-order chi connectivity index (χ1) is 26.6. The van der Waals surface area contributed by atoms with Crippen molar-refractivity contribution in [3.8, 4) is 22.3 Å². The van der Waals surface area contributed by atoms with Gasteiger partial charge in [-0.3, -0.25) is 0 Å². The number of nitrogens with zero attached hydrogens (tertiary/aromatic N) is 2. The number of benzene rings is 8. The Kier molecular flexibility index (Phi) is 6.55. The zero-order chi connectivity index (χ0) is 36.0. The number of rotatable bonds is 4. The highest BCUT2D eigenvalue weighted by Gasteiger charge is 2.52. The smallest absolute Gasteiger partial charge is 0.0726 e. The molecule has 8 aromatic rings. The van der Waals surface area contributed by atoms with Crippen LogP contribution in [0.5, 0.6) is 0 Å². The molecular weight excluding hydrogens is 653 g/mol. The number of hydrogen-bond acceptors (Lipinski definition) is 2. The fourth-order valence-electron chi connectivity index (χ4n) is 9.95. The first kappa shape index (κ1) is 30.9. The molecular formula is C52H38N2. The molecule has 1 aliphatic heterocycles. The monoisotopic (exact) mass is 690 g/mol. The Balaban J connectivity index is 1.17. The van der Waals surface area contributed by atoms with Gasteiger partial charge in [0.1, 0.15) is 0 Å². The summed E-state index contributed by atoms with van der Waals surface area (Å²) in [6, 6.07) is 71.9. The summed E-state index contributed by atoms with van der Waals surface area (Å²) in [5.74, 6) is 0.